The Hall–Kier alpha value is -1.76. The monoisotopic (exact) mass is 430 g/mol. The van der Waals surface area contributed by atoms with Gasteiger partial charge in [0.2, 0.25) is 0 Å². The lowest BCUT2D eigenvalue weighted by atomic mass is 9.59. The third-order valence-electron chi connectivity index (χ3n) is 8.88. The van der Waals surface area contributed by atoms with Crippen molar-refractivity contribution in [2.75, 3.05) is 6.61 Å². The molecule has 0 heterocycles. The van der Waals surface area contributed by atoms with E-state index in [1.165, 1.54) is 0 Å². The van der Waals surface area contributed by atoms with Crippen LogP contribution in [0.2, 0.25) is 0 Å². The minimum atomic E-state index is -2.08. The zero-order valence-electron chi connectivity index (χ0n) is 19.2. The number of ketones is 1. The van der Waals surface area contributed by atoms with Crippen molar-refractivity contribution in [1.82, 2.24) is 0 Å². The Morgan fingerprint density at radius 3 is 2.58 bits per heavy atom. The molecule has 0 aromatic heterocycles. The highest BCUT2D eigenvalue weighted by molar-refractivity contribution is 5.96. The van der Waals surface area contributed by atoms with Crippen molar-refractivity contribution in [2.45, 2.75) is 65.8 Å². The van der Waals surface area contributed by atoms with E-state index in [9.17, 15) is 24.9 Å². The number of fused-ring (bicyclic) bond motifs is 3. The van der Waals surface area contributed by atoms with Gasteiger partial charge in [0.05, 0.1) is 12.0 Å². The number of hydrogen-bond donors (Lipinski definition) is 3. The van der Waals surface area contributed by atoms with Crippen LogP contribution in [0.15, 0.2) is 34.9 Å². The number of carbonyl (C=O) groups excluding carboxylic acids is 2. The first-order chi connectivity index (χ1) is 14.4. The molecule has 2 bridgehead atoms. The maximum atomic E-state index is 14.2. The number of hydrogen-bond acceptors (Lipinski definition) is 6. The summed E-state index contributed by atoms with van der Waals surface area (Å²) in [5.41, 5.74) is -2.36. The molecule has 8 unspecified atom stereocenters. The van der Waals surface area contributed by atoms with Crippen LogP contribution in [-0.2, 0) is 14.3 Å². The average molecular weight is 431 g/mol. The molecule has 0 aromatic rings. The number of Topliss-reactive ketones (excluding diaryl/α,β-unsaturated/α-hetero) is 1. The Balaban J connectivity index is 1.91. The van der Waals surface area contributed by atoms with Gasteiger partial charge < -0.3 is 20.1 Å². The predicted molar refractivity (Wildman–Crippen MR) is 115 cm³/mol. The number of ether oxygens (including phenoxy) is 1. The summed E-state index contributed by atoms with van der Waals surface area (Å²) >= 11 is 0. The molecular formula is C25H34O6. The molecule has 0 aliphatic heterocycles. The van der Waals surface area contributed by atoms with Gasteiger partial charge >= 0.3 is 5.97 Å². The van der Waals surface area contributed by atoms with Gasteiger partial charge in [-0.25, -0.2) is 4.79 Å². The normalized spacial score (nSPS) is 45.6. The Bertz CT molecular complexity index is 926. The summed E-state index contributed by atoms with van der Waals surface area (Å²) in [4.78, 5) is 26.8. The minimum absolute atomic E-state index is 0.0209. The lowest BCUT2D eigenvalue weighted by Crippen LogP contribution is -2.65. The van der Waals surface area contributed by atoms with Crippen LogP contribution in [0.3, 0.4) is 0 Å². The number of carbonyl (C=O) groups is 2. The van der Waals surface area contributed by atoms with Crippen molar-refractivity contribution in [3.63, 3.8) is 0 Å². The van der Waals surface area contributed by atoms with Crippen LogP contribution in [0.5, 0.6) is 0 Å². The largest absolute Gasteiger partial charge is 0.451 e. The van der Waals surface area contributed by atoms with Crippen LogP contribution >= 0.6 is 0 Å². The van der Waals surface area contributed by atoms with Gasteiger partial charge in [0.25, 0.3) is 0 Å². The molecule has 0 aromatic carbocycles. The van der Waals surface area contributed by atoms with E-state index < -0.39 is 41.7 Å². The zero-order valence-corrected chi connectivity index (χ0v) is 19.2. The van der Waals surface area contributed by atoms with Crippen molar-refractivity contribution >= 4 is 11.8 Å². The van der Waals surface area contributed by atoms with Crippen molar-refractivity contribution in [3.8, 4) is 0 Å². The highest BCUT2D eigenvalue weighted by Crippen LogP contribution is 2.71. The second kappa shape index (κ2) is 6.87. The molecule has 6 nitrogen and oxygen atoms in total. The van der Waals surface area contributed by atoms with Gasteiger partial charge in [0.1, 0.15) is 6.10 Å². The lowest BCUT2D eigenvalue weighted by Gasteiger charge is -2.48. The van der Waals surface area contributed by atoms with E-state index in [-0.39, 0.29) is 28.6 Å². The number of allylic oxidation sites excluding steroid dienone is 2. The summed E-state index contributed by atoms with van der Waals surface area (Å²) in [5, 5.41) is 33.7. The van der Waals surface area contributed by atoms with E-state index >= 15 is 0 Å². The fourth-order valence-electron chi connectivity index (χ4n) is 6.91. The number of aliphatic hydroxyl groups is 3. The van der Waals surface area contributed by atoms with Gasteiger partial charge in [-0.1, -0.05) is 39.0 Å². The molecule has 0 radical (unpaired) electrons. The summed E-state index contributed by atoms with van der Waals surface area (Å²) in [7, 11) is 0. The lowest BCUT2D eigenvalue weighted by molar-refractivity contribution is -0.201. The molecule has 0 saturated heterocycles. The first-order valence-corrected chi connectivity index (χ1v) is 11.2. The first-order valence-electron chi connectivity index (χ1n) is 11.2. The second-order valence-corrected chi connectivity index (χ2v) is 10.6. The predicted octanol–water partition coefficient (Wildman–Crippen LogP) is 2.33. The van der Waals surface area contributed by atoms with Crippen LogP contribution in [0.25, 0.3) is 0 Å². The SMILES string of the molecule is CC=C(C)C(=O)OC1C(C)=CC23C(=O)C(C=C(CO)C(O)C12O)C1C(CC3C)C1(C)C. The summed E-state index contributed by atoms with van der Waals surface area (Å²) in [6.07, 6.45) is 3.04. The van der Waals surface area contributed by atoms with Crippen LogP contribution in [0.1, 0.15) is 48.0 Å². The molecule has 2 fully saturated rings. The first kappa shape index (κ1) is 22.4. The van der Waals surface area contributed by atoms with Crippen molar-refractivity contribution in [1.29, 1.82) is 0 Å². The number of aliphatic hydroxyl groups excluding tert-OH is 2. The Labute approximate surface area is 183 Å². The molecule has 1 spiro atoms. The summed E-state index contributed by atoms with van der Waals surface area (Å²) in [5.74, 6) is -1.13. The maximum Gasteiger partial charge on any atom is 0.334 e. The molecule has 8 atom stereocenters. The number of esters is 1. The minimum Gasteiger partial charge on any atom is -0.451 e. The summed E-state index contributed by atoms with van der Waals surface area (Å²) in [6, 6.07) is 0. The van der Waals surface area contributed by atoms with Crippen molar-refractivity contribution in [3.05, 3.63) is 34.9 Å². The molecule has 4 aliphatic carbocycles. The van der Waals surface area contributed by atoms with Crippen LogP contribution in [0.4, 0.5) is 0 Å². The van der Waals surface area contributed by atoms with E-state index in [1.54, 1.807) is 39.0 Å². The van der Waals surface area contributed by atoms with Gasteiger partial charge in [-0.3, -0.25) is 4.79 Å². The van der Waals surface area contributed by atoms with Crippen LogP contribution in [-0.4, -0.2) is 51.5 Å². The Morgan fingerprint density at radius 2 is 2.00 bits per heavy atom. The summed E-state index contributed by atoms with van der Waals surface area (Å²) in [6.45, 7) is 10.8. The van der Waals surface area contributed by atoms with Gasteiger partial charge in [0, 0.05) is 11.5 Å². The Morgan fingerprint density at radius 1 is 1.35 bits per heavy atom. The topological polar surface area (TPSA) is 104 Å². The zero-order chi connectivity index (χ0) is 23.1. The molecular weight excluding hydrogens is 396 g/mol. The second-order valence-electron chi connectivity index (χ2n) is 10.6. The molecule has 0 amide bonds. The third kappa shape index (κ3) is 2.61. The molecule has 2 saturated carbocycles. The highest BCUT2D eigenvalue weighted by Gasteiger charge is 2.76. The number of rotatable bonds is 3. The summed E-state index contributed by atoms with van der Waals surface area (Å²) < 4.78 is 5.72. The third-order valence-corrected chi connectivity index (χ3v) is 8.88. The maximum absolute atomic E-state index is 14.2. The molecule has 6 heteroatoms. The fraction of sp³-hybridized carbons (Fsp3) is 0.680. The molecule has 3 N–H and O–H groups in total. The van der Waals surface area contributed by atoms with Crippen LogP contribution in [0, 0.1) is 34.5 Å². The van der Waals surface area contributed by atoms with E-state index in [0.717, 1.165) is 6.42 Å². The Kier molecular flexibility index (Phi) is 4.97. The quantitative estimate of drug-likeness (QED) is 0.361. The van der Waals surface area contributed by atoms with Crippen molar-refractivity contribution < 1.29 is 29.6 Å². The standard InChI is InChI=1S/C25H34O6/c1-7-12(2)22(29)31-21-13(3)10-24-14(4)8-17-18(23(17,5)6)16(20(24)28)9-15(11-26)19(27)25(21,24)30/h7,9-10,14,16-19,21,26-27,30H,8,11H2,1-6H3. The fourth-order valence-corrected chi connectivity index (χ4v) is 6.91. The van der Waals surface area contributed by atoms with Crippen molar-refractivity contribution in [2.24, 2.45) is 34.5 Å². The van der Waals surface area contributed by atoms with Gasteiger partial charge in [-0.05, 0) is 61.5 Å². The van der Waals surface area contributed by atoms with E-state index in [1.807, 2.05) is 6.92 Å². The average Bonchev–Trinajstić information content (AvgIpc) is 3.21. The van der Waals surface area contributed by atoms with E-state index in [0.29, 0.717) is 17.1 Å². The van der Waals surface area contributed by atoms with Crippen LogP contribution < -0.4 is 0 Å². The molecule has 31 heavy (non-hydrogen) atoms. The molecule has 170 valence electrons. The van der Waals surface area contributed by atoms with Gasteiger partial charge in [-0.2, -0.15) is 0 Å². The smallest absolute Gasteiger partial charge is 0.334 e. The molecule has 4 rings (SSSR count). The van der Waals surface area contributed by atoms with Gasteiger partial charge in [-0.15, -0.1) is 0 Å². The van der Waals surface area contributed by atoms with E-state index in [4.69, 9.17) is 4.74 Å². The van der Waals surface area contributed by atoms with Gasteiger partial charge in [0.15, 0.2) is 17.5 Å². The molecule has 4 aliphatic rings. The van der Waals surface area contributed by atoms with E-state index in [2.05, 4.69) is 13.8 Å². The highest BCUT2D eigenvalue weighted by atomic mass is 16.6.